The van der Waals surface area contributed by atoms with Crippen LogP contribution in [0, 0.1) is 0 Å². The Morgan fingerprint density at radius 1 is 1.18 bits per heavy atom. The molecule has 0 aromatic heterocycles. The monoisotopic (exact) mass is 409 g/mol. The first kappa shape index (κ1) is 20.4. The topological polar surface area (TPSA) is 29.5 Å². The zero-order valence-corrected chi connectivity index (χ0v) is 17.5. The molecule has 0 aliphatic carbocycles. The minimum Gasteiger partial charge on any atom is -0.489 e. The van der Waals surface area contributed by atoms with E-state index < -0.39 is 0 Å². The number of ether oxygens (including phenoxy) is 1. The molecule has 0 bridgehead atoms. The van der Waals surface area contributed by atoms with Crippen molar-refractivity contribution in [1.29, 1.82) is 0 Å². The van der Waals surface area contributed by atoms with E-state index in [1.807, 2.05) is 42.5 Å². The van der Waals surface area contributed by atoms with Gasteiger partial charge < -0.3 is 4.74 Å². The molecular formula is C23H23NO2S2. The van der Waals surface area contributed by atoms with Crippen molar-refractivity contribution in [3.63, 3.8) is 0 Å². The Bertz CT molecular complexity index is 903. The van der Waals surface area contributed by atoms with E-state index >= 15 is 0 Å². The van der Waals surface area contributed by atoms with Gasteiger partial charge in [-0.15, -0.1) is 0 Å². The zero-order valence-electron chi connectivity index (χ0n) is 15.9. The number of thiocarbonyl (C=S) groups is 1. The largest absolute Gasteiger partial charge is 0.489 e. The molecule has 1 aliphatic heterocycles. The lowest BCUT2D eigenvalue weighted by Gasteiger charge is -2.15. The molecule has 5 heteroatoms. The molecule has 0 N–H and O–H groups in total. The summed E-state index contributed by atoms with van der Waals surface area (Å²) in [4.78, 5) is 15.2. The normalized spacial score (nSPS) is 15.3. The summed E-state index contributed by atoms with van der Waals surface area (Å²) in [5.41, 5.74) is 2.93. The number of anilines is 1. The molecule has 0 radical (unpaired) electrons. The summed E-state index contributed by atoms with van der Waals surface area (Å²) in [6, 6.07) is 15.7. The van der Waals surface area contributed by atoms with Crippen molar-refractivity contribution in [3.8, 4) is 5.75 Å². The SMILES string of the molecule is C=CCOc1ccccc1/C=C1\SC(=S)N(c2ccc(CCCC)cc2)C1=O. The molecule has 1 aliphatic rings. The smallest absolute Gasteiger partial charge is 0.270 e. The molecule has 0 spiro atoms. The molecule has 1 saturated heterocycles. The molecule has 28 heavy (non-hydrogen) atoms. The zero-order chi connectivity index (χ0) is 19.9. The minimum atomic E-state index is -0.102. The van der Waals surface area contributed by atoms with Crippen LogP contribution in [0.3, 0.4) is 0 Å². The van der Waals surface area contributed by atoms with Gasteiger partial charge in [0.05, 0.1) is 10.6 Å². The Hall–Kier alpha value is -2.37. The van der Waals surface area contributed by atoms with E-state index in [1.54, 1.807) is 11.0 Å². The molecule has 2 aromatic carbocycles. The van der Waals surface area contributed by atoms with Gasteiger partial charge in [0.25, 0.3) is 5.91 Å². The van der Waals surface area contributed by atoms with Gasteiger partial charge in [-0.2, -0.15) is 0 Å². The number of thioether (sulfide) groups is 1. The van der Waals surface area contributed by atoms with Gasteiger partial charge in [0, 0.05) is 5.56 Å². The summed E-state index contributed by atoms with van der Waals surface area (Å²) >= 11 is 6.80. The Labute approximate surface area is 176 Å². The van der Waals surface area contributed by atoms with Crippen molar-refractivity contribution in [3.05, 3.63) is 77.2 Å². The standard InChI is InChI=1S/C23H23NO2S2/c1-3-5-8-17-11-13-19(14-12-17)24-22(25)21(28-23(24)27)16-18-9-6-7-10-20(18)26-15-4-2/h4,6-7,9-14,16H,2-3,5,8,15H2,1H3/b21-16-. The van der Waals surface area contributed by atoms with E-state index in [4.69, 9.17) is 17.0 Å². The summed E-state index contributed by atoms with van der Waals surface area (Å²) in [6.45, 7) is 6.27. The molecule has 144 valence electrons. The van der Waals surface area contributed by atoms with Crippen molar-refractivity contribution >= 4 is 46.0 Å². The molecule has 0 unspecified atom stereocenters. The van der Waals surface area contributed by atoms with Gasteiger partial charge in [-0.05, 0) is 42.7 Å². The van der Waals surface area contributed by atoms with Crippen molar-refractivity contribution < 1.29 is 9.53 Å². The highest BCUT2D eigenvalue weighted by molar-refractivity contribution is 8.27. The van der Waals surface area contributed by atoms with Crippen LogP contribution in [-0.2, 0) is 11.2 Å². The number of aryl methyl sites for hydroxylation is 1. The van der Waals surface area contributed by atoms with Gasteiger partial charge in [0.2, 0.25) is 0 Å². The van der Waals surface area contributed by atoms with Crippen molar-refractivity contribution in [2.45, 2.75) is 26.2 Å². The van der Waals surface area contributed by atoms with Gasteiger partial charge in [0.1, 0.15) is 12.4 Å². The van der Waals surface area contributed by atoms with Gasteiger partial charge >= 0.3 is 0 Å². The highest BCUT2D eigenvalue weighted by Crippen LogP contribution is 2.37. The maximum absolute atomic E-state index is 13.0. The first-order valence-corrected chi connectivity index (χ1v) is 10.6. The molecule has 0 saturated carbocycles. The maximum Gasteiger partial charge on any atom is 0.270 e. The first-order chi connectivity index (χ1) is 13.6. The molecular weight excluding hydrogens is 386 g/mol. The van der Waals surface area contributed by atoms with Crippen LogP contribution < -0.4 is 9.64 Å². The Balaban J connectivity index is 1.82. The summed E-state index contributed by atoms with van der Waals surface area (Å²) in [7, 11) is 0. The van der Waals surface area contributed by atoms with Crippen LogP contribution in [0.4, 0.5) is 5.69 Å². The van der Waals surface area contributed by atoms with Crippen molar-refractivity contribution in [2.75, 3.05) is 11.5 Å². The third-order valence-electron chi connectivity index (χ3n) is 4.37. The van der Waals surface area contributed by atoms with E-state index in [2.05, 4.69) is 25.6 Å². The molecule has 1 fully saturated rings. The number of hydrogen-bond acceptors (Lipinski definition) is 4. The quantitative estimate of drug-likeness (QED) is 0.304. The number of rotatable bonds is 8. The predicted octanol–water partition coefficient (Wildman–Crippen LogP) is 6.00. The average molecular weight is 410 g/mol. The third-order valence-corrected chi connectivity index (χ3v) is 5.67. The van der Waals surface area contributed by atoms with E-state index in [9.17, 15) is 4.79 Å². The van der Waals surface area contributed by atoms with Crippen LogP contribution in [0.1, 0.15) is 30.9 Å². The van der Waals surface area contributed by atoms with Crippen LogP contribution in [0.25, 0.3) is 6.08 Å². The Kier molecular flexibility index (Phi) is 7.06. The fourth-order valence-electron chi connectivity index (χ4n) is 2.90. The second-order valence-electron chi connectivity index (χ2n) is 6.42. The predicted molar refractivity (Wildman–Crippen MR) is 123 cm³/mol. The number of benzene rings is 2. The molecule has 3 nitrogen and oxygen atoms in total. The maximum atomic E-state index is 13.0. The van der Waals surface area contributed by atoms with Gasteiger partial charge in [0.15, 0.2) is 4.32 Å². The van der Waals surface area contributed by atoms with Crippen LogP contribution in [0.5, 0.6) is 5.75 Å². The number of unbranched alkanes of at least 4 members (excludes halogenated alkanes) is 1. The van der Waals surface area contributed by atoms with E-state index in [0.717, 1.165) is 24.1 Å². The molecule has 0 atom stereocenters. The first-order valence-electron chi connectivity index (χ1n) is 9.33. The van der Waals surface area contributed by atoms with Crippen LogP contribution in [-0.4, -0.2) is 16.8 Å². The van der Waals surface area contributed by atoms with Gasteiger partial charge in [-0.1, -0.05) is 80.3 Å². The van der Waals surface area contributed by atoms with E-state index in [-0.39, 0.29) is 5.91 Å². The van der Waals surface area contributed by atoms with Crippen LogP contribution in [0.2, 0.25) is 0 Å². The number of para-hydroxylation sites is 1. The van der Waals surface area contributed by atoms with Crippen LogP contribution >= 0.6 is 24.0 Å². The van der Waals surface area contributed by atoms with Crippen molar-refractivity contribution in [1.82, 2.24) is 0 Å². The minimum absolute atomic E-state index is 0.102. The highest BCUT2D eigenvalue weighted by Gasteiger charge is 2.33. The number of carbonyl (C=O) groups is 1. The number of carbonyl (C=O) groups excluding carboxylic acids is 1. The molecule has 1 amide bonds. The number of nitrogens with zero attached hydrogens (tertiary/aromatic N) is 1. The van der Waals surface area contributed by atoms with E-state index in [0.29, 0.717) is 21.6 Å². The lowest BCUT2D eigenvalue weighted by atomic mass is 10.1. The number of amides is 1. The Morgan fingerprint density at radius 2 is 1.93 bits per heavy atom. The fraction of sp³-hybridized carbons (Fsp3) is 0.217. The molecule has 3 rings (SSSR count). The van der Waals surface area contributed by atoms with E-state index in [1.165, 1.54) is 23.7 Å². The lowest BCUT2D eigenvalue weighted by Crippen LogP contribution is -2.27. The second kappa shape index (κ2) is 9.71. The lowest BCUT2D eigenvalue weighted by molar-refractivity contribution is -0.113. The Morgan fingerprint density at radius 3 is 2.64 bits per heavy atom. The average Bonchev–Trinajstić information content (AvgIpc) is 2.99. The highest BCUT2D eigenvalue weighted by atomic mass is 32.2. The second-order valence-corrected chi connectivity index (χ2v) is 8.10. The van der Waals surface area contributed by atoms with Crippen LogP contribution in [0.15, 0.2) is 66.1 Å². The third kappa shape index (κ3) is 4.72. The van der Waals surface area contributed by atoms with Gasteiger partial charge in [-0.3, -0.25) is 9.69 Å². The summed E-state index contributed by atoms with van der Waals surface area (Å²) < 4.78 is 6.23. The summed E-state index contributed by atoms with van der Waals surface area (Å²) in [5, 5.41) is 0. The summed E-state index contributed by atoms with van der Waals surface area (Å²) in [5.74, 6) is 0.614. The fourth-order valence-corrected chi connectivity index (χ4v) is 4.19. The molecule has 2 aromatic rings. The van der Waals surface area contributed by atoms with Crippen molar-refractivity contribution in [2.24, 2.45) is 0 Å². The number of hydrogen-bond donors (Lipinski definition) is 0. The summed E-state index contributed by atoms with van der Waals surface area (Å²) in [6.07, 6.45) is 6.92. The van der Waals surface area contributed by atoms with Gasteiger partial charge in [-0.25, -0.2) is 0 Å². The molecule has 1 heterocycles.